The number of hydrogen-bond donors (Lipinski definition) is 3. The summed E-state index contributed by atoms with van der Waals surface area (Å²) in [5.41, 5.74) is 2.32. The van der Waals surface area contributed by atoms with Crippen LogP contribution < -0.4 is 16.2 Å². The number of aliphatic hydroxyl groups is 1. The second-order valence-corrected chi connectivity index (χ2v) is 4.15. The molecule has 8 heteroatoms. The molecule has 0 spiro atoms. The Bertz CT molecular complexity index is 427. The molecule has 0 aliphatic rings. The maximum absolute atomic E-state index is 11.0. The van der Waals surface area contributed by atoms with E-state index in [-0.39, 0.29) is 18.1 Å². The van der Waals surface area contributed by atoms with E-state index in [9.17, 15) is 10.1 Å². The van der Waals surface area contributed by atoms with Crippen LogP contribution in [0.3, 0.4) is 0 Å². The number of hydrazine groups is 1. The zero-order valence-electron chi connectivity index (χ0n) is 10.9. The average molecular weight is 269 g/mol. The molecule has 19 heavy (non-hydrogen) atoms. The SMILES string of the molecule is CN(CCCCCO)c1nc(NN)ccc1[N+](=O)[O-]. The number of aliphatic hydroxyl groups excluding tert-OH is 1. The van der Waals surface area contributed by atoms with Gasteiger partial charge in [0.15, 0.2) is 0 Å². The Morgan fingerprint density at radius 1 is 1.47 bits per heavy atom. The molecule has 0 aliphatic carbocycles. The highest BCUT2D eigenvalue weighted by Crippen LogP contribution is 2.26. The number of anilines is 2. The molecule has 0 bridgehead atoms. The van der Waals surface area contributed by atoms with Crippen LogP contribution in [-0.2, 0) is 0 Å². The first kappa shape index (κ1) is 15.1. The van der Waals surface area contributed by atoms with Crippen molar-refractivity contribution in [3.8, 4) is 0 Å². The second kappa shape index (κ2) is 7.49. The number of nitrogens with two attached hydrogens (primary N) is 1. The molecule has 0 atom stereocenters. The van der Waals surface area contributed by atoms with E-state index in [4.69, 9.17) is 10.9 Å². The van der Waals surface area contributed by atoms with E-state index in [0.29, 0.717) is 12.4 Å². The second-order valence-electron chi connectivity index (χ2n) is 4.15. The molecule has 0 saturated carbocycles. The van der Waals surface area contributed by atoms with E-state index < -0.39 is 4.92 Å². The van der Waals surface area contributed by atoms with Gasteiger partial charge in [-0.3, -0.25) is 10.1 Å². The fourth-order valence-electron chi connectivity index (χ4n) is 1.69. The van der Waals surface area contributed by atoms with Crippen LogP contribution in [0.15, 0.2) is 12.1 Å². The number of nitrogens with zero attached hydrogens (tertiary/aromatic N) is 3. The molecule has 0 radical (unpaired) electrons. The van der Waals surface area contributed by atoms with Crippen LogP contribution in [-0.4, -0.2) is 35.2 Å². The highest BCUT2D eigenvalue weighted by atomic mass is 16.6. The summed E-state index contributed by atoms with van der Waals surface area (Å²) in [7, 11) is 1.74. The summed E-state index contributed by atoms with van der Waals surface area (Å²) in [4.78, 5) is 16.3. The van der Waals surface area contributed by atoms with E-state index in [0.717, 1.165) is 19.3 Å². The molecule has 0 saturated heterocycles. The van der Waals surface area contributed by atoms with Gasteiger partial charge in [0.2, 0.25) is 5.82 Å². The Labute approximate surface area is 111 Å². The quantitative estimate of drug-likeness (QED) is 0.277. The third-order valence-corrected chi connectivity index (χ3v) is 2.71. The molecule has 4 N–H and O–H groups in total. The Hall–Kier alpha value is -1.93. The van der Waals surface area contributed by atoms with Gasteiger partial charge in [0.1, 0.15) is 5.82 Å². The van der Waals surface area contributed by atoms with Crippen LogP contribution in [0.4, 0.5) is 17.3 Å². The van der Waals surface area contributed by atoms with Gasteiger partial charge in [-0.2, -0.15) is 0 Å². The predicted molar refractivity (Wildman–Crippen MR) is 72.9 cm³/mol. The molecule has 1 rings (SSSR count). The van der Waals surface area contributed by atoms with Gasteiger partial charge in [-0.1, -0.05) is 0 Å². The van der Waals surface area contributed by atoms with Crippen molar-refractivity contribution in [3.05, 3.63) is 22.2 Å². The molecule has 0 fully saturated rings. The summed E-state index contributed by atoms with van der Waals surface area (Å²) in [5, 5.41) is 19.7. The van der Waals surface area contributed by atoms with Crippen LogP contribution in [0.2, 0.25) is 0 Å². The number of nitrogens with one attached hydrogen (secondary N) is 1. The lowest BCUT2D eigenvalue weighted by Gasteiger charge is -2.18. The average Bonchev–Trinajstić information content (AvgIpc) is 2.42. The van der Waals surface area contributed by atoms with Crippen molar-refractivity contribution in [2.24, 2.45) is 5.84 Å². The molecule has 106 valence electrons. The monoisotopic (exact) mass is 269 g/mol. The van der Waals surface area contributed by atoms with Crippen molar-refractivity contribution in [1.82, 2.24) is 4.98 Å². The Kier molecular flexibility index (Phi) is 5.97. The Morgan fingerprint density at radius 3 is 2.79 bits per heavy atom. The first-order chi connectivity index (χ1) is 9.10. The van der Waals surface area contributed by atoms with E-state index in [2.05, 4.69) is 10.4 Å². The standard InChI is InChI=1S/C11H19N5O3/c1-15(7-3-2-4-8-17)11-9(16(18)19)5-6-10(13-11)14-12/h5-6,17H,2-4,7-8,12H2,1H3,(H,13,14). The largest absolute Gasteiger partial charge is 0.396 e. The number of nitrogen functional groups attached to an aromatic ring is 1. The summed E-state index contributed by atoms with van der Waals surface area (Å²) < 4.78 is 0. The fraction of sp³-hybridized carbons (Fsp3) is 0.545. The summed E-state index contributed by atoms with van der Waals surface area (Å²) in [6, 6.07) is 2.84. The van der Waals surface area contributed by atoms with Gasteiger partial charge in [-0.05, 0) is 25.3 Å². The van der Waals surface area contributed by atoms with Crippen LogP contribution in [0.25, 0.3) is 0 Å². The minimum Gasteiger partial charge on any atom is -0.396 e. The Morgan fingerprint density at radius 2 is 2.21 bits per heavy atom. The van der Waals surface area contributed by atoms with Crippen molar-refractivity contribution in [2.75, 3.05) is 30.5 Å². The molecule has 1 aromatic rings. The van der Waals surface area contributed by atoms with Crippen LogP contribution in [0.1, 0.15) is 19.3 Å². The highest BCUT2D eigenvalue weighted by molar-refractivity contribution is 5.61. The summed E-state index contributed by atoms with van der Waals surface area (Å²) in [5.74, 6) is 5.92. The van der Waals surface area contributed by atoms with E-state index >= 15 is 0 Å². The normalized spacial score (nSPS) is 10.3. The molecule has 1 heterocycles. The third kappa shape index (κ3) is 4.34. The smallest absolute Gasteiger partial charge is 0.311 e. The number of nitro groups is 1. The van der Waals surface area contributed by atoms with Crippen LogP contribution >= 0.6 is 0 Å². The van der Waals surface area contributed by atoms with Crippen LogP contribution in [0.5, 0.6) is 0 Å². The molecule has 0 unspecified atom stereocenters. The summed E-state index contributed by atoms with van der Waals surface area (Å²) in [6.07, 6.45) is 2.42. The number of aromatic nitrogens is 1. The van der Waals surface area contributed by atoms with Crippen molar-refractivity contribution in [3.63, 3.8) is 0 Å². The first-order valence-corrected chi connectivity index (χ1v) is 6.04. The molecule has 0 amide bonds. The third-order valence-electron chi connectivity index (χ3n) is 2.71. The van der Waals surface area contributed by atoms with E-state index in [1.165, 1.54) is 12.1 Å². The van der Waals surface area contributed by atoms with Crippen molar-refractivity contribution in [1.29, 1.82) is 0 Å². The summed E-state index contributed by atoms with van der Waals surface area (Å²) in [6.45, 7) is 0.788. The molecular formula is C11H19N5O3. The maximum Gasteiger partial charge on any atom is 0.311 e. The molecule has 0 aromatic carbocycles. The van der Waals surface area contributed by atoms with Gasteiger partial charge in [-0.15, -0.1) is 0 Å². The number of unbranched alkanes of at least 4 members (excludes halogenated alkanes) is 2. The van der Waals surface area contributed by atoms with Crippen molar-refractivity contribution >= 4 is 17.3 Å². The molecule has 8 nitrogen and oxygen atoms in total. The molecule has 1 aromatic heterocycles. The number of hydrogen-bond acceptors (Lipinski definition) is 7. The van der Waals surface area contributed by atoms with E-state index in [1.807, 2.05) is 0 Å². The molecular weight excluding hydrogens is 250 g/mol. The number of rotatable bonds is 8. The maximum atomic E-state index is 11.0. The van der Waals surface area contributed by atoms with Crippen molar-refractivity contribution < 1.29 is 10.0 Å². The zero-order valence-corrected chi connectivity index (χ0v) is 10.9. The van der Waals surface area contributed by atoms with Crippen LogP contribution in [0, 0.1) is 10.1 Å². The first-order valence-electron chi connectivity index (χ1n) is 6.04. The Balaban J connectivity index is 2.80. The predicted octanol–water partition coefficient (Wildman–Crippen LogP) is 0.874. The zero-order chi connectivity index (χ0) is 14.3. The topological polar surface area (TPSA) is 118 Å². The van der Waals surface area contributed by atoms with E-state index in [1.54, 1.807) is 11.9 Å². The lowest BCUT2D eigenvalue weighted by Crippen LogP contribution is -2.22. The van der Waals surface area contributed by atoms with Gasteiger partial charge >= 0.3 is 5.69 Å². The number of pyridine rings is 1. The van der Waals surface area contributed by atoms with Gasteiger partial charge in [-0.25, -0.2) is 10.8 Å². The van der Waals surface area contributed by atoms with Gasteiger partial charge < -0.3 is 15.4 Å². The minimum absolute atomic E-state index is 0.0522. The van der Waals surface area contributed by atoms with Gasteiger partial charge in [0, 0.05) is 26.3 Å². The minimum atomic E-state index is -0.465. The van der Waals surface area contributed by atoms with Crippen molar-refractivity contribution in [2.45, 2.75) is 19.3 Å². The molecule has 0 aliphatic heterocycles. The lowest BCUT2D eigenvalue weighted by molar-refractivity contribution is -0.384. The van der Waals surface area contributed by atoms with Gasteiger partial charge in [0.05, 0.1) is 4.92 Å². The lowest BCUT2D eigenvalue weighted by atomic mass is 10.2. The highest BCUT2D eigenvalue weighted by Gasteiger charge is 2.19. The summed E-state index contributed by atoms with van der Waals surface area (Å²) >= 11 is 0. The van der Waals surface area contributed by atoms with Gasteiger partial charge in [0.25, 0.3) is 0 Å². The fourth-order valence-corrected chi connectivity index (χ4v) is 1.69.